The van der Waals surface area contributed by atoms with Crippen LogP contribution in [0.4, 0.5) is 0 Å². The molecule has 2 aromatic rings. The summed E-state index contributed by atoms with van der Waals surface area (Å²) in [6, 6.07) is 1.99. The highest BCUT2D eigenvalue weighted by Gasteiger charge is 2.31. The van der Waals surface area contributed by atoms with Crippen molar-refractivity contribution < 1.29 is 13.9 Å². The number of morpholine rings is 1. The molecule has 1 saturated heterocycles. The van der Waals surface area contributed by atoms with E-state index in [1.54, 1.807) is 18.3 Å². The van der Waals surface area contributed by atoms with E-state index in [1.165, 1.54) is 0 Å². The SMILES string of the molecule is Cc1nnc(C2CN(C(=O)C(C)c3ccsc3)CCO2)o1. The minimum absolute atomic E-state index is 0.109. The van der Waals surface area contributed by atoms with Gasteiger partial charge < -0.3 is 14.1 Å². The summed E-state index contributed by atoms with van der Waals surface area (Å²) in [4.78, 5) is 14.4. The van der Waals surface area contributed by atoms with Gasteiger partial charge in [-0.3, -0.25) is 4.79 Å². The average Bonchev–Trinajstić information content (AvgIpc) is 3.17. The van der Waals surface area contributed by atoms with Crippen LogP contribution in [0, 0.1) is 6.92 Å². The zero-order chi connectivity index (χ0) is 14.8. The van der Waals surface area contributed by atoms with Crippen molar-refractivity contribution in [1.82, 2.24) is 15.1 Å². The first-order chi connectivity index (χ1) is 10.1. The predicted molar refractivity (Wildman–Crippen MR) is 77.0 cm³/mol. The first-order valence-corrected chi connectivity index (χ1v) is 7.82. The highest BCUT2D eigenvalue weighted by Crippen LogP contribution is 2.25. The normalized spacial score (nSPS) is 20.5. The van der Waals surface area contributed by atoms with Crippen LogP contribution in [0.25, 0.3) is 0 Å². The number of carbonyl (C=O) groups is 1. The van der Waals surface area contributed by atoms with Gasteiger partial charge in [0.25, 0.3) is 0 Å². The molecule has 1 amide bonds. The first-order valence-electron chi connectivity index (χ1n) is 6.87. The molecule has 112 valence electrons. The number of nitrogens with zero attached hydrogens (tertiary/aromatic N) is 3. The number of carbonyl (C=O) groups excluding carboxylic acids is 1. The van der Waals surface area contributed by atoms with E-state index in [-0.39, 0.29) is 17.9 Å². The zero-order valence-corrected chi connectivity index (χ0v) is 12.8. The van der Waals surface area contributed by atoms with E-state index in [9.17, 15) is 4.79 Å². The molecular weight excluding hydrogens is 290 g/mol. The second-order valence-corrected chi connectivity index (χ2v) is 5.86. The highest BCUT2D eigenvalue weighted by molar-refractivity contribution is 7.08. The van der Waals surface area contributed by atoms with Gasteiger partial charge in [0.2, 0.25) is 17.7 Å². The molecule has 21 heavy (non-hydrogen) atoms. The maximum atomic E-state index is 12.6. The number of hydrogen-bond acceptors (Lipinski definition) is 6. The lowest BCUT2D eigenvalue weighted by Gasteiger charge is -2.32. The van der Waals surface area contributed by atoms with Gasteiger partial charge >= 0.3 is 0 Å². The molecule has 3 heterocycles. The summed E-state index contributed by atoms with van der Waals surface area (Å²) in [5.41, 5.74) is 1.06. The largest absolute Gasteiger partial charge is 0.423 e. The van der Waals surface area contributed by atoms with Crippen molar-refractivity contribution in [2.75, 3.05) is 19.7 Å². The minimum Gasteiger partial charge on any atom is -0.423 e. The molecule has 0 aliphatic carbocycles. The Morgan fingerprint density at radius 2 is 2.38 bits per heavy atom. The summed E-state index contributed by atoms with van der Waals surface area (Å²) in [5, 5.41) is 11.8. The first kappa shape index (κ1) is 14.2. The minimum atomic E-state index is -0.335. The van der Waals surface area contributed by atoms with Crippen molar-refractivity contribution >= 4 is 17.2 Å². The van der Waals surface area contributed by atoms with Gasteiger partial charge in [-0.1, -0.05) is 0 Å². The summed E-state index contributed by atoms with van der Waals surface area (Å²) in [7, 11) is 0. The Balaban J connectivity index is 1.69. The maximum Gasteiger partial charge on any atom is 0.246 e. The van der Waals surface area contributed by atoms with Crippen LogP contribution in [-0.4, -0.2) is 40.7 Å². The Labute approximate surface area is 126 Å². The molecule has 7 heteroatoms. The smallest absolute Gasteiger partial charge is 0.246 e. The fourth-order valence-corrected chi connectivity index (χ4v) is 3.13. The van der Waals surface area contributed by atoms with Crippen LogP contribution in [0.3, 0.4) is 0 Å². The van der Waals surface area contributed by atoms with Crippen LogP contribution >= 0.6 is 11.3 Å². The monoisotopic (exact) mass is 307 g/mol. The van der Waals surface area contributed by atoms with Gasteiger partial charge in [0.15, 0.2) is 6.10 Å². The van der Waals surface area contributed by atoms with E-state index in [1.807, 2.05) is 28.7 Å². The Kier molecular flexibility index (Phi) is 4.03. The summed E-state index contributed by atoms with van der Waals surface area (Å²) in [6.45, 7) is 5.20. The maximum absolute atomic E-state index is 12.6. The van der Waals surface area contributed by atoms with Gasteiger partial charge in [0.05, 0.1) is 19.1 Å². The molecule has 0 bridgehead atoms. The number of hydrogen-bond donors (Lipinski definition) is 0. The van der Waals surface area contributed by atoms with E-state index in [4.69, 9.17) is 9.15 Å². The molecule has 1 aliphatic heterocycles. The third kappa shape index (κ3) is 2.98. The van der Waals surface area contributed by atoms with E-state index in [2.05, 4.69) is 10.2 Å². The Bertz CT molecular complexity index is 611. The average molecular weight is 307 g/mol. The van der Waals surface area contributed by atoms with Gasteiger partial charge in [-0.05, 0) is 29.3 Å². The molecule has 0 aromatic carbocycles. The molecule has 0 saturated carbocycles. The molecule has 0 spiro atoms. The zero-order valence-electron chi connectivity index (χ0n) is 12.0. The molecule has 0 radical (unpaired) electrons. The second-order valence-electron chi connectivity index (χ2n) is 5.08. The van der Waals surface area contributed by atoms with Crippen molar-refractivity contribution in [3.63, 3.8) is 0 Å². The fraction of sp³-hybridized carbons (Fsp3) is 0.500. The molecule has 2 atom stereocenters. The summed E-state index contributed by atoms with van der Waals surface area (Å²) in [5.74, 6) is 0.911. The fourth-order valence-electron chi connectivity index (χ4n) is 2.38. The molecular formula is C14H17N3O3S. The summed E-state index contributed by atoms with van der Waals surface area (Å²) in [6.07, 6.45) is -0.335. The van der Waals surface area contributed by atoms with Crippen molar-refractivity contribution in [2.24, 2.45) is 0 Å². The molecule has 2 unspecified atom stereocenters. The van der Waals surface area contributed by atoms with Crippen molar-refractivity contribution in [3.05, 3.63) is 34.2 Å². The molecule has 3 rings (SSSR count). The number of thiophene rings is 1. The van der Waals surface area contributed by atoms with Crippen LogP contribution in [0.2, 0.25) is 0 Å². The molecule has 2 aromatic heterocycles. The molecule has 1 aliphatic rings. The van der Waals surface area contributed by atoms with E-state index in [0.717, 1.165) is 5.56 Å². The van der Waals surface area contributed by atoms with E-state index < -0.39 is 0 Å². The van der Waals surface area contributed by atoms with Gasteiger partial charge in [-0.2, -0.15) is 11.3 Å². The standard InChI is InChI=1S/C14H17N3O3S/c1-9(11-3-6-21-8-11)14(18)17-4-5-19-12(7-17)13-16-15-10(2)20-13/h3,6,8-9,12H,4-5,7H2,1-2H3. The predicted octanol–water partition coefficient (Wildman–Crippen LogP) is 2.14. The van der Waals surface area contributed by atoms with Crippen LogP contribution in [0.15, 0.2) is 21.2 Å². The lowest BCUT2D eigenvalue weighted by molar-refractivity contribution is -0.141. The van der Waals surface area contributed by atoms with Crippen LogP contribution in [0.5, 0.6) is 0 Å². The number of ether oxygens (including phenoxy) is 1. The summed E-state index contributed by atoms with van der Waals surface area (Å²) >= 11 is 1.60. The van der Waals surface area contributed by atoms with Crippen molar-refractivity contribution in [2.45, 2.75) is 25.9 Å². The number of aryl methyl sites for hydroxylation is 1. The molecule has 1 fully saturated rings. The van der Waals surface area contributed by atoms with Gasteiger partial charge in [0.1, 0.15) is 0 Å². The summed E-state index contributed by atoms with van der Waals surface area (Å²) < 4.78 is 11.0. The van der Waals surface area contributed by atoms with Gasteiger partial charge in [-0.15, -0.1) is 10.2 Å². The number of rotatable bonds is 3. The van der Waals surface area contributed by atoms with Crippen LogP contribution in [-0.2, 0) is 9.53 Å². The van der Waals surface area contributed by atoms with E-state index in [0.29, 0.717) is 31.5 Å². The Morgan fingerprint density at radius 1 is 1.52 bits per heavy atom. The number of aromatic nitrogens is 2. The lowest BCUT2D eigenvalue weighted by atomic mass is 10.0. The topological polar surface area (TPSA) is 68.5 Å². The molecule has 0 N–H and O–H groups in total. The second kappa shape index (κ2) is 5.95. The third-order valence-electron chi connectivity index (χ3n) is 3.61. The van der Waals surface area contributed by atoms with Crippen molar-refractivity contribution in [1.29, 1.82) is 0 Å². The van der Waals surface area contributed by atoms with E-state index >= 15 is 0 Å². The van der Waals surface area contributed by atoms with Crippen molar-refractivity contribution in [3.8, 4) is 0 Å². The van der Waals surface area contributed by atoms with Crippen LogP contribution in [0.1, 0.15) is 36.3 Å². The van der Waals surface area contributed by atoms with Crippen LogP contribution < -0.4 is 0 Å². The van der Waals surface area contributed by atoms with Gasteiger partial charge in [0, 0.05) is 13.5 Å². The Morgan fingerprint density at radius 3 is 3.05 bits per heavy atom. The van der Waals surface area contributed by atoms with Gasteiger partial charge in [-0.25, -0.2) is 0 Å². The number of amides is 1. The highest BCUT2D eigenvalue weighted by atomic mass is 32.1. The Hall–Kier alpha value is -1.73. The molecule has 6 nitrogen and oxygen atoms in total. The third-order valence-corrected chi connectivity index (χ3v) is 4.31. The lowest BCUT2D eigenvalue weighted by Crippen LogP contribution is -2.44. The quantitative estimate of drug-likeness (QED) is 0.869.